The highest BCUT2D eigenvalue weighted by atomic mass is 35.5. The number of carbonyl (C=O) groups is 1. The predicted octanol–water partition coefficient (Wildman–Crippen LogP) is 2.16. The lowest BCUT2D eigenvalue weighted by molar-refractivity contribution is -0.385. The average molecular weight is 318 g/mol. The fraction of sp³-hybridized carbons (Fsp3) is 0.462. The minimum atomic E-state index is -0.689. The number of nitrogens with zero attached hydrogens (tertiary/aromatic N) is 1. The van der Waals surface area contributed by atoms with Gasteiger partial charge in [-0.2, -0.15) is 0 Å². The van der Waals surface area contributed by atoms with E-state index < -0.39 is 22.3 Å². The van der Waals surface area contributed by atoms with Crippen molar-refractivity contribution in [2.45, 2.75) is 37.8 Å². The summed E-state index contributed by atoms with van der Waals surface area (Å²) >= 11 is 0. The molecule has 0 saturated heterocycles. The van der Waals surface area contributed by atoms with Crippen molar-refractivity contribution in [1.82, 2.24) is 5.32 Å². The van der Waals surface area contributed by atoms with Gasteiger partial charge in [0.15, 0.2) is 0 Å². The zero-order valence-corrected chi connectivity index (χ0v) is 12.1. The maximum atomic E-state index is 13.2. The zero-order valence-electron chi connectivity index (χ0n) is 11.3. The van der Waals surface area contributed by atoms with Crippen molar-refractivity contribution in [2.75, 3.05) is 0 Å². The van der Waals surface area contributed by atoms with E-state index in [1.807, 2.05) is 0 Å². The zero-order chi connectivity index (χ0) is 14.7. The lowest BCUT2D eigenvalue weighted by Gasteiger charge is -2.26. The molecule has 0 aliphatic heterocycles. The summed E-state index contributed by atoms with van der Waals surface area (Å²) in [6, 6.07) is 2.94. The molecule has 1 aromatic rings. The first-order valence-corrected chi connectivity index (χ1v) is 6.47. The summed E-state index contributed by atoms with van der Waals surface area (Å²) in [4.78, 5) is 22.2. The molecule has 8 heteroatoms. The molecule has 21 heavy (non-hydrogen) atoms. The molecule has 0 radical (unpaired) electrons. The second kappa shape index (κ2) is 7.33. The molecule has 0 heterocycles. The van der Waals surface area contributed by atoms with E-state index in [9.17, 15) is 19.3 Å². The lowest BCUT2D eigenvalue weighted by atomic mass is 9.91. The van der Waals surface area contributed by atoms with Crippen molar-refractivity contribution < 1.29 is 14.1 Å². The first-order chi connectivity index (χ1) is 9.47. The van der Waals surface area contributed by atoms with Gasteiger partial charge in [0, 0.05) is 18.2 Å². The number of carbonyl (C=O) groups excluding carboxylic acids is 1. The number of hydrogen-bond donors (Lipinski definition) is 2. The van der Waals surface area contributed by atoms with Gasteiger partial charge in [0.1, 0.15) is 11.4 Å². The molecule has 0 atom stereocenters. The van der Waals surface area contributed by atoms with Crippen LogP contribution in [-0.4, -0.2) is 22.9 Å². The maximum absolute atomic E-state index is 13.2. The third-order valence-corrected chi connectivity index (χ3v) is 3.51. The molecule has 2 rings (SSSR count). The second-order valence-electron chi connectivity index (χ2n) is 5.00. The van der Waals surface area contributed by atoms with Crippen molar-refractivity contribution in [2.24, 2.45) is 5.73 Å². The number of hydrogen-bond acceptors (Lipinski definition) is 4. The number of nitro groups is 1. The molecule has 3 N–H and O–H groups in total. The predicted molar refractivity (Wildman–Crippen MR) is 78.0 cm³/mol. The maximum Gasteiger partial charge on any atom is 0.282 e. The van der Waals surface area contributed by atoms with Crippen LogP contribution >= 0.6 is 12.4 Å². The van der Waals surface area contributed by atoms with E-state index in [-0.39, 0.29) is 30.1 Å². The Morgan fingerprint density at radius 2 is 1.95 bits per heavy atom. The van der Waals surface area contributed by atoms with Crippen molar-refractivity contribution in [3.63, 3.8) is 0 Å². The summed E-state index contributed by atoms with van der Waals surface area (Å²) in [5.41, 5.74) is 5.13. The molecule has 0 aromatic heterocycles. The Labute approximate surface area is 127 Å². The number of rotatable bonds is 3. The average Bonchev–Trinajstić information content (AvgIpc) is 2.41. The number of benzene rings is 1. The number of nitro benzene ring substituents is 1. The molecule has 1 fully saturated rings. The van der Waals surface area contributed by atoms with E-state index in [2.05, 4.69) is 5.32 Å². The Morgan fingerprint density at radius 1 is 1.33 bits per heavy atom. The molecule has 1 amide bonds. The Bertz CT molecular complexity index is 533. The van der Waals surface area contributed by atoms with Crippen LogP contribution in [0.5, 0.6) is 0 Å². The quantitative estimate of drug-likeness (QED) is 0.659. The molecular weight excluding hydrogens is 301 g/mol. The van der Waals surface area contributed by atoms with Gasteiger partial charge in [-0.05, 0) is 37.8 Å². The van der Waals surface area contributed by atoms with Gasteiger partial charge in [-0.15, -0.1) is 12.4 Å². The highest BCUT2D eigenvalue weighted by Crippen LogP contribution is 2.21. The first-order valence-electron chi connectivity index (χ1n) is 6.47. The summed E-state index contributed by atoms with van der Waals surface area (Å²) in [5, 5.41) is 13.6. The number of nitrogens with two attached hydrogens (primary N) is 1. The van der Waals surface area contributed by atoms with Crippen molar-refractivity contribution in [3.05, 3.63) is 39.7 Å². The normalized spacial score (nSPS) is 21.2. The Morgan fingerprint density at radius 3 is 2.52 bits per heavy atom. The van der Waals surface area contributed by atoms with Crippen LogP contribution in [0.1, 0.15) is 36.0 Å². The van der Waals surface area contributed by atoms with Crippen molar-refractivity contribution in [1.29, 1.82) is 0 Å². The highest BCUT2D eigenvalue weighted by Gasteiger charge is 2.25. The third kappa shape index (κ3) is 4.37. The lowest BCUT2D eigenvalue weighted by Crippen LogP contribution is -2.40. The summed E-state index contributed by atoms with van der Waals surface area (Å²) in [6.45, 7) is 0. The van der Waals surface area contributed by atoms with Gasteiger partial charge in [0.25, 0.3) is 11.6 Å². The Kier molecular flexibility index (Phi) is 6.04. The number of halogens is 2. The van der Waals surface area contributed by atoms with Crippen LogP contribution in [0.4, 0.5) is 10.1 Å². The second-order valence-corrected chi connectivity index (χ2v) is 5.00. The molecule has 6 nitrogen and oxygen atoms in total. The summed E-state index contributed by atoms with van der Waals surface area (Å²) in [6.07, 6.45) is 3.07. The number of nitrogens with one attached hydrogen (secondary N) is 1. The topological polar surface area (TPSA) is 98.3 Å². The van der Waals surface area contributed by atoms with Crippen LogP contribution in [0.3, 0.4) is 0 Å². The monoisotopic (exact) mass is 317 g/mol. The van der Waals surface area contributed by atoms with Gasteiger partial charge in [-0.3, -0.25) is 14.9 Å². The largest absolute Gasteiger partial charge is 0.349 e. The smallest absolute Gasteiger partial charge is 0.282 e. The minimum absolute atomic E-state index is 0. The highest BCUT2D eigenvalue weighted by molar-refractivity contribution is 5.98. The van der Waals surface area contributed by atoms with Crippen LogP contribution < -0.4 is 11.1 Å². The van der Waals surface area contributed by atoms with E-state index in [0.717, 1.165) is 43.9 Å². The van der Waals surface area contributed by atoms with Crippen molar-refractivity contribution >= 4 is 24.0 Å². The van der Waals surface area contributed by atoms with Crippen LogP contribution in [0, 0.1) is 15.9 Å². The third-order valence-electron chi connectivity index (χ3n) is 3.51. The fourth-order valence-corrected chi connectivity index (χ4v) is 2.38. The minimum Gasteiger partial charge on any atom is -0.349 e. The molecule has 1 aliphatic carbocycles. The van der Waals surface area contributed by atoms with E-state index >= 15 is 0 Å². The van der Waals surface area contributed by atoms with Gasteiger partial charge in [-0.1, -0.05) is 0 Å². The van der Waals surface area contributed by atoms with Gasteiger partial charge in [0.05, 0.1) is 4.92 Å². The molecule has 1 aromatic carbocycles. The summed E-state index contributed by atoms with van der Waals surface area (Å²) < 4.78 is 13.2. The number of amides is 1. The fourth-order valence-electron chi connectivity index (χ4n) is 2.38. The molecule has 0 spiro atoms. The van der Waals surface area contributed by atoms with Crippen molar-refractivity contribution in [3.8, 4) is 0 Å². The van der Waals surface area contributed by atoms with Gasteiger partial charge in [-0.25, -0.2) is 4.39 Å². The summed E-state index contributed by atoms with van der Waals surface area (Å²) in [5.74, 6) is -1.29. The molecule has 116 valence electrons. The molecule has 1 saturated carbocycles. The SMILES string of the molecule is Cl.NC1CCC(NC(=O)c2cc(F)ccc2[N+](=O)[O-])CC1. The molecule has 0 bridgehead atoms. The van der Waals surface area contributed by atoms with Gasteiger partial charge >= 0.3 is 0 Å². The van der Waals surface area contributed by atoms with E-state index in [0.29, 0.717) is 0 Å². The van der Waals surface area contributed by atoms with Crippen LogP contribution in [0.15, 0.2) is 18.2 Å². The van der Waals surface area contributed by atoms with Gasteiger partial charge < -0.3 is 11.1 Å². The Hall–Kier alpha value is -1.73. The first kappa shape index (κ1) is 17.3. The van der Waals surface area contributed by atoms with Crippen LogP contribution in [0.2, 0.25) is 0 Å². The van der Waals surface area contributed by atoms with Crippen LogP contribution in [0.25, 0.3) is 0 Å². The molecule has 1 aliphatic rings. The molecule has 0 unspecified atom stereocenters. The van der Waals surface area contributed by atoms with E-state index in [4.69, 9.17) is 5.73 Å². The van der Waals surface area contributed by atoms with Crippen LogP contribution in [-0.2, 0) is 0 Å². The molecular formula is C13H17ClFN3O3. The van der Waals surface area contributed by atoms with E-state index in [1.54, 1.807) is 0 Å². The van der Waals surface area contributed by atoms with E-state index in [1.165, 1.54) is 0 Å². The Balaban J connectivity index is 0.00000220. The standard InChI is InChI=1S/C13H16FN3O3.ClH/c14-8-1-6-12(17(19)20)11(7-8)13(18)16-10-4-2-9(15)3-5-10;/h1,6-7,9-10H,2-5,15H2,(H,16,18);1H. The van der Waals surface area contributed by atoms with Gasteiger partial charge in [0.2, 0.25) is 0 Å². The summed E-state index contributed by atoms with van der Waals surface area (Å²) in [7, 11) is 0.